The normalized spacial score (nSPS) is 11.7. The molecular formula is C15H23N5O. The van der Waals surface area contributed by atoms with Crippen molar-refractivity contribution in [3.8, 4) is 0 Å². The molecule has 0 aliphatic rings. The van der Waals surface area contributed by atoms with Crippen molar-refractivity contribution < 1.29 is 4.79 Å². The lowest BCUT2D eigenvalue weighted by atomic mass is 9.92. The van der Waals surface area contributed by atoms with E-state index in [1.807, 2.05) is 19.3 Å². The topological polar surface area (TPSA) is 66.8 Å². The number of hydrogen-bond donors (Lipinski definition) is 1. The third-order valence-electron chi connectivity index (χ3n) is 3.35. The maximum absolute atomic E-state index is 12.2. The zero-order valence-corrected chi connectivity index (χ0v) is 13.3. The Labute approximate surface area is 125 Å². The van der Waals surface area contributed by atoms with Crippen LogP contribution >= 0.6 is 0 Å². The maximum atomic E-state index is 12.2. The van der Waals surface area contributed by atoms with Gasteiger partial charge >= 0.3 is 0 Å². The Bertz CT molecular complexity index is 620. The summed E-state index contributed by atoms with van der Waals surface area (Å²) in [6, 6.07) is 2.02. The Morgan fingerprint density at radius 2 is 2.14 bits per heavy atom. The summed E-state index contributed by atoms with van der Waals surface area (Å²) in [5, 5.41) is 11.4. The van der Waals surface area contributed by atoms with Crippen molar-refractivity contribution in [2.45, 2.75) is 39.2 Å². The van der Waals surface area contributed by atoms with Crippen LogP contribution in [0, 0.1) is 0 Å². The fraction of sp³-hybridized carbons (Fsp3) is 0.533. The van der Waals surface area contributed by atoms with E-state index in [1.165, 1.54) is 0 Å². The third-order valence-corrected chi connectivity index (χ3v) is 3.35. The second-order valence-electron chi connectivity index (χ2n) is 6.48. The highest BCUT2D eigenvalue weighted by Gasteiger charge is 2.18. The summed E-state index contributed by atoms with van der Waals surface area (Å²) in [4.78, 5) is 13.9. The Morgan fingerprint density at radius 3 is 2.67 bits per heavy atom. The number of nitrogens with zero attached hydrogens (tertiary/aromatic N) is 4. The molecule has 0 spiro atoms. The average molecular weight is 289 g/mol. The minimum absolute atomic E-state index is 0.00698. The van der Waals surface area contributed by atoms with Crippen LogP contribution in [0.5, 0.6) is 0 Å². The summed E-state index contributed by atoms with van der Waals surface area (Å²) < 4.78 is 1.70. The molecule has 1 N–H and O–H groups in total. The standard InChI is InChI=1S/C15H23N5O/c1-15(2,3)13-7-12(17-18-13)10-19(4)14(21)6-11-8-16-20(5)9-11/h7-9H,6,10H2,1-5H3,(H,17,18). The van der Waals surface area contributed by atoms with Crippen LogP contribution in [0.25, 0.3) is 0 Å². The number of rotatable bonds is 4. The fourth-order valence-corrected chi connectivity index (χ4v) is 2.04. The van der Waals surface area contributed by atoms with Crippen LogP contribution in [0.15, 0.2) is 18.5 Å². The Morgan fingerprint density at radius 1 is 1.43 bits per heavy atom. The van der Waals surface area contributed by atoms with Crippen LogP contribution in [-0.4, -0.2) is 37.8 Å². The first-order valence-electron chi connectivity index (χ1n) is 7.02. The highest BCUT2D eigenvalue weighted by Crippen LogP contribution is 2.20. The van der Waals surface area contributed by atoms with Crippen LogP contribution in [0.3, 0.4) is 0 Å². The number of hydrogen-bond acceptors (Lipinski definition) is 3. The van der Waals surface area contributed by atoms with Gasteiger partial charge in [-0.25, -0.2) is 0 Å². The van der Waals surface area contributed by atoms with Gasteiger partial charge in [-0.1, -0.05) is 20.8 Å². The quantitative estimate of drug-likeness (QED) is 0.930. The zero-order chi connectivity index (χ0) is 15.6. The zero-order valence-electron chi connectivity index (χ0n) is 13.3. The first kappa shape index (κ1) is 15.3. The summed E-state index contributed by atoms with van der Waals surface area (Å²) in [6.45, 7) is 6.88. The number of amides is 1. The van der Waals surface area contributed by atoms with Crippen LogP contribution in [0.1, 0.15) is 37.7 Å². The average Bonchev–Trinajstić information content (AvgIpc) is 2.98. The van der Waals surface area contributed by atoms with Gasteiger partial charge in [-0.15, -0.1) is 0 Å². The van der Waals surface area contributed by atoms with Gasteiger partial charge in [0.2, 0.25) is 5.91 Å². The highest BCUT2D eigenvalue weighted by molar-refractivity contribution is 5.78. The van der Waals surface area contributed by atoms with Crippen molar-refractivity contribution in [1.82, 2.24) is 24.9 Å². The van der Waals surface area contributed by atoms with Crippen molar-refractivity contribution >= 4 is 5.91 Å². The molecule has 6 nitrogen and oxygen atoms in total. The molecule has 0 bridgehead atoms. The van der Waals surface area contributed by atoms with Crippen LogP contribution in [0.4, 0.5) is 0 Å². The van der Waals surface area contributed by atoms with Gasteiger partial charge in [0.25, 0.3) is 0 Å². The number of aromatic nitrogens is 4. The number of H-pyrrole nitrogens is 1. The molecule has 0 aromatic carbocycles. The van der Waals surface area contributed by atoms with E-state index in [2.05, 4.69) is 36.1 Å². The van der Waals surface area contributed by atoms with Crippen LogP contribution in [-0.2, 0) is 30.2 Å². The molecule has 0 saturated carbocycles. The van der Waals surface area contributed by atoms with Gasteiger partial charge in [-0.3, -0.25) is 14.6 Å². The lowest BCUT2D eigenvalue weighted by Crippen LogP contribution is -2.27. The molecule has 6 heteroatoms. The first-order valence-corrected chi connectivity index (χ1v) is 7.02. The summed E-state index contributed by atoms with van der Waals surface area (Å²) in [5.41, 5.74) is 2.88. The highest BCUT2D eigenvalue weighted by atomic mass is 16.2. The molecule has 0 unspecified atom stereocenters. The molecule has 21 heavy (non-hydrogen) atoms. The lowest BCUT2D eigenvalue weighted by Gasteiger charge is -2.16. The van der Waals surface area contributed by atoms with Gasteiger partial charge in [0.15, 0.2) is 0 Å². The van der Waals surface area contributed by atoms with E-state index in [4.69, 9.17) is 0 Å². The third kappa shape index (κ3) is 3.93. The van der Waals surface area contributed by atoms with Crippen molar-refractivity contribution in [1.29, 1.82) is 0 Å². The number of nitrogens with one attached hydrogen (secondary N) is 1. The molecule has 2 heterocycles. The smallest absolute Gasteiger partial charge is 0.227 e. The van der Waals surface area contributed by atoms with Crippen molar-refractivity contribution in [2.75, 3.05) is 7.05 Å². The molecule has 0 aliphatic carbocycles. The minimum Gasteiger partial charge on any atom is -0.340 e. The van der Waals surface area contributed by atoms with Gasteiger partial charge in [0.05, 0.1) is 30.6 Å². The molecule has 2 rings (SSSR count). The van der Waals surface area contributed by atoms with E-state index in [-0.39, 0.29) is 11.3 Å². The summed E-state index contributed by atoms with van der Waals surface area (Å²) in [6.07, 6.45) is 3.95. The molecule has 0 aliphatic heterocycles. The molecule has 0 saturated heterocycles. The van der Waals surface area contributed by atoms with Gasteiger partial charge in [0, 0.05) is 25.7 Å². The molecule has 2 aromatic heterocycles. The summed E-state index contributed by atoms with van der Waals surface area (Å²) in [5.74, 6) is 0.0647. The largest absolute Gasteiger partial charge is 0.340 e. The molecule has 0 atom stereocenters. The van der Waals surface area contributed by atoms with Gasteiger partial charge < -0.3 is 4.90 Å². The monoisotopic (exact) mass is 289 g/mol. The van der Waals surface area contributed by atoms with Crippen molar-refractivity contribution in [3.63, 3.8) is 0 Å². The molecule has 1 amide bonds. The number of carbonyl (C=O) groups excluding carboxylic acids is 1. The molecule has 114 valence electrons. The summed E-state index contributed by atoms with van der Waals surface area (Å²) in [7, 11) is 3.65. The van der Waals surface area contributed by atoms with E-state index < -0.39 is 0 Å². The van der Waals surface area contributed by atoms with Gasteiger partial charge in [-0.2, -0.15) is 10.2 Å². The second kappa shape index (κ2) is 5.71. The van der Waals surface area contributed by atoms with Gasteiger partial charge in [-0.05, 0) is 11.6 Å². The van der Waals surface area contributed by atoms with E-state index >= 15 is 0 Å². The number of carbonyl (C=O) groups is 1. The molecule has 0 fully saturated rings. The Balaban J connectivity index is 1.96. The fourth-order valence-electron chi connectivity index (χ4n) is 2.04. The Kier molecular flexibility index (Phi) is 4.16. The van der Waals surface area contributed by atoms with E-state index in [0.717, 1.165) is 17.0 Å². The van der Waals surface area contributed by atoms with E-state index in [1.54, 1.807) is 22.8 Å². The first-order chi connectivity index (χ1) is 9.75. The van der Waals surface area contributed by atoms with E-state index in [9.17, 15) is 4.79 Å². The SMILES string of the molecule is CN(Cc1cc(C(C)(C)C)n[nH]1)C(=O)Cc1cnn(C)c1. The predicted molar refractivity (Wildman–Crippen MR) is 80.7 cm³/mol. The maximum Gasteiger partial charge on any atom is 0.227 e. The molecule has 2 aromatic rings. The second-order valence-corrected chi connectivity index (χ2v) is 6.48. The van der Waals surface area contributed by atoms with E-state index in [0.29, 0.717) is 13.0 Å². The van der Waals surface area contributed by atoms with Crippen LogP contribution < -0.4 is 0 Å². The number of likely N-dealkylation sites (N-methyl/N-ethyl adjacent to an activating group) is 1. The number of aryl methyl sites for hydroxylation is 1. The minimum atomic E-state index is 0.00698. The lowest BCUT2D eigenvalue weighted by molar-refractivity contribution is -0.129. The molecule has 0 radical (unpaired) electrons. The Hall–Kier alpha value is -2.11. The van der Waals surface area contributed by atoms with Gasteiger partial charge in [0.1, 0.15) is 0 Å². The van der Waals surface area contributed by atoms with Crippen LogP contribution in [0.2, 0.25) is 0 Å². The predicted octanol–water partition coefficient (Wildman–Crippen LogP) is 1.64. The molecular weight excluding hydrogens is 266 g/mol. The number of aromatic amines is 1. The van der Waals surface area contributed by atoms with Crippen molar-refractivity contribution in [2.24, 2.45) is 7.05 Å². The summed E-state index contributed by atoms with van der Waals surface area (Å²) >= 11 is 0. The van der Waals surface area contributed by atoms with Crippen molar-refractivity contribution in [3.05, 3.63) is 35.4 Å².